The monoisotopic (exact) mass is 365 g/mol. The number of nitrogens with one attached hydrogen (secondary N) is 1. The molecule has 0 saturated heterocycles. The Morgan fingerprint density at radius 2 is 1.88 bits per heavy atom. The predicted molar refractivity (Wildman–Crippen MR) is 103 cm³/mol. The molecular formula is C21H19NO3S. The van der Waals surface area contributed by atoms with E-state index >= 15 is 0 Å². The molecular weight excluding hydrogens is 346 g/mol. The highest BCUT2D eigenvalue weighted by Crippen LogP contribution is 2.31. The zero-order valence-corrected chi connectivity index (χ0v) is 15.2. The predicted octanol–water partition coefficient (Wildman–Crippen LogP) is 4.29. The van der Waals surface area contributed by atoms with Crippen molar-refractivity contribution in [1.29, 1.82) is 0 Å². The van der Waals surface area contributed by atoms with Crippen molar-refractivity contribution < 1.29 is 14.3 Å². The number of hydrogen-bond acceptors (Lipinski definition) is 4. The van der Waals surface area contributed by atoms with Gasteiger partial charge in [-0.2, -0.15) is 0 Å². The van der Waals surface area contributed by atoms with Crippen molar-refractivity contribution in [3.8, 4) is 22.6 Å². The Morgan fingerprint density at radius 1 is 1.12 bits per heavy atom. The van der Waals surface area contributed by atoms with Gasteiger partial charge in [-0.3, -0.25) is 4.79 Å². The van der Waals surface area contributed by atoms with E-state index in [-0.39, 0.29) is 12.0 Å². The molecule has 1 aliphatic heterocycles. The van der Waals surface area contributed by atoms with Gasteiger partial charge in [-0.15, -0.1) is 11.3 Å². The van der Waals surface area contributed by atoms with E-state index in [0.29, 0.717) is 18.0 Å². The van der Waals surface area contributed by atoms with Crippen LogP contribution in [-0.2, 0) is 0 Å². The fraction of sp³-hybridized carbons (Fsp3) is 0.190. The van der Waals surface area contributed by atoms with Gasteiger partial charge in [0.1, 0.15) is 12.7 Å². The minimum atomic E-state index is -0.198. The molecule has 5 heteroatoms. The van der Waals surface area contributed by atoms with E-state index in [4.69, 9.17) is 9.47 Å². The summed E-state index contributed by atoms with van der Waals surface area (Å²) in [5.74, 6) is 1.38. The number of aryl methyl sites for hydroxylation is 1. The highest BCUT2D eigenvalue weighted by atomic mass is 32.1. The second-order valence-electron chi connectivity index (χ2n) is 6.24. The van der Waals surface area contributed by atoms with Crippen LogP contribution in [0, 0.1) is 6.92 Å². The van der Waals surface area contributed by atoms with Crippen molar-refractivity contribution in [2.75, 3.05) is 13.2 Å². The van der Waals surface area contributed by atoms with Gasteiger partial charge < -0.3 is 14.8 Å². The molecule has 0 aliphatic carbocycles. The molecule has 2 heterocycles. The van der Waals surface area contributed by atoms with E-state index in [1.807, 2.05) is 47.8 Å². The molecule has 1 N–H and O–H groups in total. The van der Waals surface area contributed by atoms with Gasteiger partial charge in [0, 0.05) is 5.56 Å². The van der Waals surface area contributed by atoms with Crippen LogP contribution >= 0.6 is 11.3 Å². The van der Waals surface area contributed by atoms with Crippen molar-refractivity contribution in [3.63, 3.8) is 0 Å². The summed E-state index contributed by atoms with van der Waals surface area (Å²) in [7, 11) is 0. The molecule has 1 aromatic heterocycles. The molecule has 0 spiro atoms. The van der Waals surface area contributed by atoms with Crippen LogP contribution in [0.3, 0.4) is 0 Å². The zero-order valence-electron chi connectivity index (χ0n) is 14.4. The molecule has 1 atom stereocenters. The lowest BCUT2D eigenvalue weighted by atomic mass is 10.0. The normalized spacial score (nSPS) is 15.5. The summed E-state index contributed by atoms with van der Waals surface area (Å²) in [6, 6.07) is 17.8. The van der Waals surface area contributed by atoms with E-state index in [1.54, 1.807) is 0 Å². The summed E-state index contributed by atoms with van der Waals surface area (Å²) in [6.07, 6.45) is -0.198. The highest BCUT2D eigenvalue weighted by Gasteiger charge is 2.22. The number of rotatable bonds is 4. The SMILES string of the molecule is Cc1ccc(-c2ccsc2C(=O)NC[C@@H]2COc3ccccc3O2)cc1. The van der Waals surface area contributed by atoms with Gasteiger partial charge in [-0.05, 0) is 36.1 Å². The Balaban J connectivity index is 1.42. The third-order valence-electron chi connectivity index (χ3n) is 4.29. The van der Waals surface area contributed by atoms with Crippen LogP contribution in [-0.4, -0.2) is 25.2 Å². The van der Waals surface area contributed by atoms with E-state index in [0.717, 1.165) is 22.6 Å². The molecule has 1 amide bonds. The second kappa shape index (κ2) is 7.22. The summed E-state index contributed by atoms with van der Waals surface area (Å²) in [6.45, 7) is 2.88. The van der Waals surface area contributed by atoms with Crippen LogP contribution in [0.2, 0.25) is 0 Å². The molecule has 3 aromatic rings. The maximum Gasteiger partial charge on any atom is 0.262 e. The Labute approximate surface area is 156 Å². The van der Waals surface area contributed by atoms with Crippen LogP contribution in [0.25, 0.3) is 11.1 Å². The van der Waals surface area contributed by atoms with Crippen LogP contribution in [0.4, 0.5) is 0 Å². The minimum absolute atomic E-state index is 0.0852. The molecule has 4 rings (SSSR count). The van der Waals surface area contributed by atoms with Crippen molar-refractivity contribution in [2.45, 2.75) is 13.0 Å². The number of carbonyl (C=O) groups excluding carboxylic acids is 1. The summed E-state index contributed by atoms with van der Waals surface area (Å²) in [5, 5.41) is 4.92. The number of carbonyl (C=O) groups is 1. The molecule has 4 nitrogen and oxygen atoms in total. The maximum atomic E-state index is 12.7. The standard InChI is InChI=1S/C21H19NO3S/c1-14-6-8-15(9-7-14)17-10-11-26-20(17)21(23)22-12-16-13-24-18-4-2-3-5-19(18)25-16/h2-11,16H,12-13H2,1H3,(H,22,23)/t16-/m1/s1. The zero-order chi connectivity index (χ0) is 17.9. The lowest BCUT2D eigenvalue weighted by Crippen LogP contribution is -2.40. The molecule has 2 aromatic carbocycles. The van der Waals surface area contributed by atoms with Gasteiger partial charge in [0.05, 0.1) is 11.4 Å². The first-order valence-electron chi connectivity index (χ1n) is 8.52. The summed E-state index contributed by atoms with van der Waals surface area (Å²) >= 11 is 1.45. The number of thiophene rings is 1. The molecule has 132 valence electrons. The van der Waals surface area contributed by atoms with E-state index in [1.165, 1.54) is 16.9 Å². The fourth-order valence-electron chi connectivity index (χ4n) is 2.90. The van der Waals surface area contributed by atoms with Gasteiger partial charge in [-0.25, -0.2) is 0 Å². The Bertz CT molecular complexity index is 917. The Morgan fingerprint density at radius 3 is 2.69 bits per heavy atom. The van der Waals surface area contributed by atoms with Crippen LogP contribution in [0.15, 0.2) is 60.0 Å². The first-order valence-corrected chi connectivity index (χ1v) is 9.40. The number of hydrogen-bond donors (Lipinski definition) is 1. The van der Waals surface area contributed by atoms with E-state index in [2.05, 4.69) is 24.4 Å². The van der Waals surface area contributed by atoms with Crippen molar-refractivity contribution >= 4 is 17.2 Å². The van der Waals surface area contributed by atoms with Gasteiger partial charge >= 0.3 is 0 Å². The average Bonchev–Trinajstić information content (AvgIpc) is 3.16. The van der Waals surface area contributed by atoms with E-state index < -0.39 is 0 Å². The number of amides is 1. The largest absolute Gasteiger partial charge is 0.486 e. The third-order valence-corrected chi connectivity index (χ3v) is 5.21. The molecule has 0 unspecified atom stereocenters. The third kappa shape index (κ3) is 3.44. The van der Waals surface area contributed by atoms with Crippen molar-refractivity contribution in [2.24, 2.45) is 0 Å². The van der Waals surface area contributed by atoms with Crippen LogP contribution in [0.5, 0.6) is 11.5 Å². The quantitative estimate of drug-likeness (QED) is 0.750. The summed E-state index contributed by atoms with van der Waals surface area (Å²) in [4.78, 5) is 13.4. The topological polar surface area (TPSA) is 47.6 Å². The summed E-state index contributed by atoms with van der Waals surface area (Å²) in [5.41, 5.74) is 3.21. The van der Waals surface area contributed by atoms with E-state index in [9.17, 15) is 4.79 Å². The Hall–Kier alpha value is -2.79. The Kier molecular flexibility index (Phi) is 4.63. The summed E-state index contributed by atoms with van der Waals surface area (Å²) < 4.78 is 11.6. The lowest BCUT2D eigenvalue weighted by molar-refractivity contribution is 0.0792. The second-order valence-corrected chi connectivity index (χ2v) is 7.15. The number of fused-ring (bicyclic) bond motifs is 1. The number of para-hydroxylation sites is 2. The van der Waals surface area contributed by atoms with Crippen LogP contribution < -0.4 is 14.8 Å². The first-order chi connectivity index (χ1) is 12.7. The number of benzene rings is 2. The maximum absolute atomic E-state index is 12.7. The van der Waals surface area contributed by atoms with Gasteiger partial charge in [0.15, 0.2) is 11.5 Å². The molecule has 1 aliphatic rings. The highest BCUT2D eigenvalue weighted by molar-refractivity contribution is 7.12. The van der Waals surface area contributed by atoms with Crippen LogP contribution in [0.1, 0.15) is 15.2 Å². The molecule has 26 heavy (non-hydrogen) atoms. The molecule has 0 saturated carbocycles. The van der Waals surface area contributed by atoms with Crippen molar-refractivity contribution in [1.82, 2.24) is 5.32 Å². The smallest absolute Gasteiger partial charge is 0.262 e. The fourth-order valence-corrected chi connectivity index (χ4v) is 3.73. The van der Waals surface area contributed by atoms with Gasteiger partial charge in [0.2, 0.25) is 0 Å². The molecule has 0 bridgehead atoms. The van der Waals surface area contributed by atoms with Gasteiger partial charge in [0.25, 0.3) is 5.91 Å². The number of ether oxygens (including phenoxy) is 2. The van der Waals surface area contributed by atoms with Gasteiger partial charge in [-0.1, -0.05) is 42.0 Å². The first kappa shape index (κ1) is 16.7. The average molecular weight is 365 g/mol. The van der Waals surface area contributed by atoms with Crippen molar-refractivity contribution in [3.05, 3.63) is 70.4 Å². The lowest BCUT2D eigenvalue weighted by Gasteiger charge is -2.26. The molecule has 0 fully saturated rings. The molecule has 0 radical (unpaired) electrons. The minimum Gasteiger partial charge on any atom is -0.486 e.